The maximum atomic E-state index is 13.6. The largest absolute Gasteiger partial charge is 0.496 e. The second-order valence-electron chi connectivity index (χ2n) is 12.7. The Morgan fingerprint density at radius 3 is 2.40 bits per heavy atom. The molecule has 3 saturated carbocycles. The smallest absolute Gasteiger partial charge is 0.309 e. The molecule has 40 heavy (non-hydrogen) atoms. The van der Waals surface area contributed by atoms with Crippen LogP contribution < -0.4 is 20.1 Å². The average molecular weight is 556 g/mol. The van der Waals surface area contributed by atoms with Gasteiger partial charge in [0.05, 0.1) is 35.7 Å². The van der Waals surface area contributed by atoms with Gasteiger partial charge in [-0.1, -0.05) is 13.8 Å². The van der Waals surface area contributed by atoms with Gasteiger partial charge in [-0.25, -0.2) is 0 Å². The number of carbonyl (C=O) groups is 3. The standard InChI is InChI=1S/C30H41N3O7/c1-29(2,16-34)15-32-27(36)24-17-5-6-18(11-17)25(24)33-26(35)21-13-22(19(14-31)12-23(21)39-4)40-20-7-9-30(3,10-8-20)28(37)38/h12-13,17-18,20,24-25,34H,5-11,15-16H2,1-4H3,(H,32,36)(H,33,35)(H,37,38)/t17-,18+,20?,24+,25-,30?/m1/s1. The van der Waals surface area contributed by atoms with E-state index in [2.05, 4.69) is 16.7 Å². The van der Waals surface area contributed by atoms with Crippen LogP contribution in [0.5, 0.6) is 11.5 Å². The van der Waals surface area contributed by atoms with Gasteiger partial charge in [0.2, 0.25) is 5.91 Å². The molecule has 0 spiro atoms. The molecule has 10 nitrogen and oxygen atoms in total. The van der Waals surface area contributed by atoms with Crippen molar-refractivity contribution in [3.63, 3.8) is 0 Å². The van der Waals surface area contributed by atoms with E-state index < -0.39 is 22.7 Å². The van der Waals surface area contributed by atoms with Gasteiger partial charge in [-0.3, -0.25) is 14.4 Å². The number of aliphatic carboxylic acids is 1. The summed E-state index contributed by atoms with van der Waals surface area (Å²) in [6.07, 6.45) is 4.46. The lowest BCUT2D eigenvalue weighted by atomic mass is 9.75. The molecular weight excluding hydrogens is 514 g/mol. The molecular formula is C30H41N3O7. The topological polar surface area (TPSA) is 158 Å². The molecule has 1 aromatic rings. The van der Waals surface area contributed by atoms with Crippen molar-refractivity contribution in [2.24, 2.45) is 28.6 Å². The fourth-order valence-electron chi connectivity index (χ4n) is 6.44. The fourth-order valence-corrected chi connectivity index (χ4v) is 6.44. The lowest BCUT2D eigenvalue weighted by Gasteiger charge is -2.34. The third-order valence-corrected chi connectivity index (χ3v) is 9.20. The third kappa shape index (κ3) is 6.04. The third-order valence-electron chi connectivity index (χ3n) is 9.20. The molecule has 0 unspecified atom stereocenters. The van der Waals surface area contributed by atoms with E-state index in [9.17, 15) is 29.9 Å². The molecule has 0 radical (unpaired) electrons. The van der Waals surface area contributed by atoms with Crippen LogP contribution in [0.25, 0.3) is 0 Å². The minimum absolute atomic E-state index is 0.0488. The van der Waals surface area contributed by atoms with E-state index in [-0.39, 0.29) is 65.0 Å². The Balaban J connectivity index is 1.51. The van der Waals surface area contributed by atoms with Gasteiger partial charge in [-0.05, 0) is 69.8 Å². The van der Waals surface area contributed by atoms with Crippen LogP contribution in [0.2, 0.25) is 0 Å². The molecule has 2 bridgehead atoms. The van der Waals surface area contributed by atoms with Gasteiger partial charge < -0.3 is 30.3 Å². The molecule has 0 aromatic heterocycles. The molecule has 10 heteroatoms. The highest BCUT2D eigenvalue weighted by Gasteiger charge is 2.51. The number of nitrogens with zero attached hydrogens (tertiary/aromatic N) is 1. The summed E-state index contributed by atoms with van der Waals surface area (Å²) in [6.45, 7) is 5.78. The summed E-state index contributed by atoms with van der Waals surface area (Å²) in [5.74, 6) is -0.818. The zero-order valence-corrected chi connectivity index (χ0v) is 23.8. The van der Waals surface area contributed by atoms with E-state index in [0.717, 1.165) is 19.3 Å². The Morgan fingerprint density at radius 1 is 1.12 bits per heavy atom. The van der Waals surface area contributed by atoms with E-state index >= 15 is 0 Å². The van der Waals surface area contributed by atoms with E-state index in [4.69, 9.17) is 9.47 Å². The highest BCUT2D eigenvalue weighted by molar-refractivity contribution is 5.98. The molecule has 3 fully saturated rings. The number of benzene rings is 1. The predicted octanol–water partition coefficient (Wildman–Crippen LogP) is 3.26. The first-order valence-electron chi connectivity index (χ1n) is 14.1. The number of aliphatic hydroxyl groups excluding tert-OH is 1. The van der Waals surface area contributed by atoms with Gasteiger partial charge >= 0.3 is 5.97 Å². The lowest BCUT2D eigenvalue weighted by Crippen LogP contribution is -2.51. The van der Waals surface area contributed by atoms with Crippen molar-refractivity contribution in [1.29, 1.82) is 5.26 Å². The number of hydrogen-bond acceptors (Lipinski definition) is 7. The molecule has 2 amide bonds. The summed E-state index contributed by atoms with van der Waals surface area (Å²) in [5.41, 5.74) is -0.794. The van der Waals surface area contributed by atoms with Gasteiger partial charge in [0.1, 0.15) is 17.6 Å². The van der Waals surface area contributed by atoms with E-state index in [0.29, 0.717) is 32.2 Å². The quantitative estimate of drug-likeness (QED) is 0.343. The number of carboxylic acids is 1. The SMILES string of the molecule is COc1cc(C#N)c(OC2CCC(C)(C(=O)O)CC2)cc1C(=O)N[C@@H]1[C@H]2CC[C@H](C2)[C@@H]1C(=O)NCC(C)(C)CO. The second kappa shape index (κ2) is 11.7. The number of nitrogens with one attached hydrogen (secondary N) is 2. The summed E-state index contributed by atoms with van der Waals surface area (Å²) >= 11 is 0. The van der Waals surface area contributed by atoms with Crippen LogP contribution in [-0.2, 0) is 9.59 Å². The Bertz CT molecular complexity index is 1180. The Kier molecular flexibility index (Phi) is 8.64. The van der Waals surface area contributed by atoms with E-state index in [1.165, 1.54) is 19.2 Å². The predicted molar refractivity (Wildman–Crippen MR) is 146 cm³/mol. The maximum absolute atomic E-state index is 13.6. The molecule has 0 aliphatic heterocycles. The highest BCUT2D eigenvalue weighted by Crippen LogP contribution is 2.49. The Labute approximate surface area is 235 Å². The number of rotatable bonds is 10. The highest BCUT2D eigenvalue weighted by atomic mass is 16.5. The summed E-state index contributed by atoms with van der Waals surface area (Å²) in [7, 11) is 1.43. The van der Waals surface area contributed by atoms with Crippen molar-refractivity contribution in [1.82, 2.24) is 10.6 Å². The molecule has 1 aromatic carbocycles. The number of nitriles is 1. The lowest BCUT2D eigenvalue weighted by molar-refractivity contribution is -0.150. The number of amides is 2. The molecule has 0 saturated heterocycles. The second-order valence-corrected chi connectivity index (χ2v) is 12.7. The number of ether oxygens (including phenoxy) is 2. The minimum atomic E-state index is -0.822. The van der Waals surface area contributed by atoms with Crippen LogP contribution in [0, 0.1) is 39.9 Å². The summed E-state index contributed by atoms with van der Waals surface area (Å²) in [4.78, 5) is 38.5. The van der Waals surface area contributed by atoms with Crippen molar-refractivity contribution in [2.75, 3.05) is 20.3 Å². The normalized spacial score (nSPS) is 29.4. The average Bonchev–Trinajstić information content (AvgIpc) is 3.55. The zero-order valence-electron chi connectivity index (χ0n) is 23.8. The van der Waals surface area contributed by atoms with Gasteiger partial charge in [-0.2, -0.15) is 5.26 Å². The van der Waals surface area contributed by atoms with Crippen molar-refractivity contribution in [3.05, 3.63) is 23.3 Å². The van der Waals surface area contributed by atoms with Crippen LogP contribution in [0.4, 0.5) is 0 Å². The van der Waals surface area contributed by atoms with Crippen LogP contribution in [0.1, 0.15) is 81.6 Å². The van der Waals surface area contributed by atoms with E-state index in [1.807, 2.05) is 13.8 Å². The van der Waals surface area contributed by atoms with Crippen molar-refractivity contribution in [2.45, 2.75) is 77.9 Å². The van der Waals surface area contributed by atoms with E-state index in [1.54, 1.807) is 6.92 Å². The monoisotopic (exact) mass is 555 g/mol. The van der Waals surface area contributed by atoms with Crippen LogP contribution in [-0.4, -0.2) is 60.4 Å². The van der Waals surface area contributed by atoms with Gasteiger partial charge in [0, 0.05) is 30.7 Å². The molecule has 3 aliphatic rings. The number of hydrogen-bond donors (Lipinski definition) is 4. The number of aliphatic hydroxyl groups is 1. The fraction of sp³-hybridized carbons (Fsp3) is 0.667. The molecule has 4 atom stereocenters. The zero-order chi connectivity index (χ0) is 29.2. The number of carboxylic acid groups (broad SMARTS) is 1. The number of carbonyl (C=O) groups excluding carboxylic acids is 2. The first-order valence-corrected chi connectivity index (χ1v) is 14.1. The van der Waals surface area contributed by atoms with Crippen LogP contribution >= 0.6 is 0 Å². The van der Waals surface area contributed by atoms with Gasteiger partial charge in [0.25, 0.3) is 5.91 Å². The summed E-state index contributed by atoms with van der Waals surface area (Å²) in [6, 6.07) is 4.77. The maximum Gasteiger partial charge on any atom is 0.309 e. The first kappa shape index (κ1) is 29.7. The number of methoxy groups -OCH3 is 1. The van der Waals surface area contributed by atoms with Crippen molar-refractivity contribution in [3.8, 4) is 17.6 Å². The first-order chi connectivity index (χ1) is 18.9. The minimum Gasteiger partial charge on any atom is -0.496 e. The molecule has 4 rings (SSSR count). The summed E-state index contributed by atoms with van der Waals surface area (Å²) in [5, 5.41) is 34.9. The van der Waals surface area contributed by atoms with Crippen LogP contribution in [0.3, 0.4) is 0 Å². The molecule has 0 heterocycles. The number of fused-ring (bicyclic) bond motifs is 2. The molecule has 4 N–H and O–H groups in total. The Hall–Kier alpha value is -3.32. The summed E-state index contributed by atoms with van der Waals surface area (Å²) < 4.78 is 11.6. The van der Waals surface area contributed by atoms with Gasteiger partial charge in [-0.15, -0.1) is 0 Å². The van der Waals surface area contributed by atoms with Crippen molar-refractivity contribution < 1.29 is 34.1 Å². The molecule has 218 valence electrons. The van der Waals surface area contributed by atoms with Crippen LogP contribution in [0.15, 0.2) is 12.1 Å². The van der Waals surface area contributed by atoms with Crippen molar-refractivity contribution >= 4 is 17.8 Å². The van der Waals surface area contributed by atoms with Gasteiger partial charge in [0.15, 0.2) is 0 Å². The molecule has 3 aliphatic carbocycles. The Morgan fingerprint density at radius 2 is 1.80 bits per heavy atom.